The molecule has 3 rings (SSSR count). The summed E-state index contributed by atoms with van der Waals surface area (Å²) in [5.41, 5.74) is 2.49. The molecule has 1 aromatic heterocycles. The number of aryl methyl sites for hydroxylation is 1. The molecule has 0 bridgehead atoms. The first-order valence-corrected chi connectivity index (χ1v) is 7.80. The van der Waals surface area contributed by atoms with Gasteiger partial charge in [0.1, 0.15) is 0 Å². The minimum Gasteiger partial charge on any atom is -0.294 e. The fraction of sp³-hybridized carbons (Fsp3) is 0.357. The maximum absolute atomic E-state index is 6.06. The molecular formula is C14H14Cl2N2S. The van der Waals surface area contributed by atoms with Crippen LogP contribution in [0.5, 0.6) is 0 Å². The Balaban J connectivity index is 1.73. The molecule has 1 aromatic carbocycles. The van der Waals surface area contributed by atoms with Crippen molar-refractivity contribution < 1.29 is 0 Å². The first kappa shape index (κ1) is 13.4. The number of nitrogens with zero attached hydrogens (tertiary/aromatic N) is 2. The minimum atomic E-state index is 0.615. The number of hydrogen-bond acceptors (Lipinski definition) is 3. The zero-order chi connectivity index (χ0) is 13.4. The Morgan fingerprint density at radius 3 is 2.95 bits per heavy atom. The zero-order valence-corrected chi connectivity index (χ0v) is 12.9. The molecule has 0 aliphatic carbocycles. The molecule has 100 valence electrons. The Hall–Kier alpha value is -0.610. The number of aromatic nitrogens is 1. The van der Waals surface area contributed by atoms with Crippen molar-refractivity contribution in [2.24, 2.45) is 0 Å². The van der Waals surface area contributed by atoms with Gasteiger partial charge in [-0.05, 0) is 24.6 Å². The minimum absolute atomic E-state index is 0.615. The van der Waals surface area contributed by atoms with Crippen LogP contribution in [0.3, 0.4) is 0 Å². The summed E-state index contributed by atoms with van der Waals surface area (Å²) in [7, 11) is 0. The Morgan fingerprint density at radius 2 is 2.16 bits per heavy atom. The Labute approximate surface area is 127 Å². The maximum Gasteiger partial charge on any atom is 0.0900 e. The van der Waals surface area contributed by atoms with Crippen LogP contribution < -0.4 is 0 Å². The van der Waals surface area contributed by atoms with E-state index in [4.69, 9.17) is 23.2 Å². The monoisotopic (exact) mass is 312 g/mol. The highest BCUT2D eigenvalue weighted by Gasteiger charge is 2.19. The molecule has 0 unspecified atom stereocenters. The van der Waals surface area contributed by atoms with Gasteiger partial charge in [-0.2, -0.15) is 0 Å². The second kappa shape index (κ2) is 5.41. The summed E-state index contributed by atoms with van der Waals surface area (Å²) in [5.74, 6) is 0. The van der Waals surface area contributed by atoms with Gasteiger partial charge in [0.05, 0.1) is 20.7 Å². The van der Waals surface area contributed by atoms with E-state index in [-0.39, 0.29) is 0 Å². The Morgan fingerprint density at radius 1 is 1.32 bits per heavy atom. The van der Waals surface area contributed by atoms with Crippen LogP contribution in [-0.4, -0.2) is 16.4 Å². The predicted molar refractivity (Wildman–Crippen MR) is 81.1 cm³/mol. The fourth-order valence-corrected chi connectivity index (χ4v) is 3.75. The molecule has 2 heterocycles. The molecule has 1 aliphatic heterocycles. The topological polar surface area (TPSA) is 16.1 Å². The summed E-state index contributed by atoms with van der Waals surface area (Å²) in [5, 5.41) is 2.41. The van der Waals surface area contributed by atoms with Gasteiger partial charge in [-0.15, -0.1) is 11.3 Å². The second-order valence-corrected chi connectivity index (χ2v) is 6.91. The van der Waals surface area contributed by atoms with Crippen molar-refractivity contribution in [2.45, 2.75) is 26.4 Å². The summed E-state index contributed by atoms with van der Waals surface area (Å²) in [6.07, 6.45) is 1.04. The van der Waals surface area contributed by atoms with E-state index in [0.717, 1.165) is 26.1 Å². The standard InChI is InChI=1S/C14H14Cl2N2S/c1-9-17-13-4-5-18(8-14(13)19-9)7-10-2-3-11(15)12(16)6-10/h2-3,6H,4-5,7-8H2,1H3. The lowest BCUT2D eigenvalue weighted by Crippen LogP contribution is -2.29. The highest BCUT2D eigenvalue weighted by Crippen LogP contribution is 2.27. The van der Waals surface area contributed by atoms with E-state index < -0.39 is 0 Å². The third-order valence-corrected chi connectivity index (χ3v) is 5.04. The molecule has 0 spiro atoms. The van der Waals surface area contributed by atoms with Gasteiger partial charge in [0.15, 0.2) is 0 Å². The number of hydrogen-bond donors (Lipinski definition) is 0. The van der Waals surface area contributed by atoms with Gasteiger partial charge in [-0.25, -0.2) is 4.98 Å². The van der Waals surface area contributed by atoms with Gasteiger partial charge < -0.3 is 0 Å². The summed E-state index contributed by atoms with van der Waals surface area (Å²) < 4.78 is 0. The normalized spacial score (nSPS) is 15.5. The molecule has 0 N–H and O–H groups in total. The quantitative estimate of drug-likeness (QED) is 0.821. The van der Waals surface area contributed by atoms with E-state index in [2.05, 4.69) is 16.8 Å². The predicted octanol–water partition coefficient (Wildman–Crippen LogP) is 4.32. The summed E-state index contributed by atoms with van der Waals surface area (Å²) >= 11 is 13.8. The highest BCUT2D eigenvalue weighted by atomic mass is 35.5. The van der Waals surface area contributed by atoms with Gasteiger partial charge in [-0.1, -0.05) is 29.3 Å². The number of halogens is 2. The Kier molecular flexibility index (Phi) is 3.81. The van der Waals surface area contributed by atoms with Crippen LogP contribution in [0.1, 0.15) is 21.1 Å². The Bertz CT molecular complexity index is 609. The smallest absolute Gasteiger partial charge is 0.0900 e. The van der Waals surface area contributed by atoms with E-state index in [9.17, 15) is 0 Å². The van der Waals surface area contributed by atoms with Gasteiger partial charge in [0.2, 0.25) is 0 Å². The molecule has 2 aromatic rings. The van der Waals surface area contributed by atoms with Crippen LogP contribution >= 0.6 is 34.5 Å². The first-order chi connectivity index (χ1) is 9.11. The van der Waals surface area contributed by atoms with Crippen molar-refractivity contribution in [1.82, 2.24) is 9.88 Å². The highest BCUT2D eigenvalue weighted by molar-refractivity contribution is 7.11. The third-order valence-electron chi connectivity index (χ3n) is 3.31. The van der Waals surface area contributed by atoms with Gasteiger partial charge in [-0.3, -0.25) is 4.90 Å². The average Bonchev–Trinajstić information content (AvgIpc) is 2.73. The first-order valence-electron chi connectivity index (χ1n) is 6.23. The number of thiazole rings is 1. The van der Waals surface area contributed by atoms with E-state index in [1.165, 1.54) is 21.1 Å². The molecule has 1 aliphatic rings. The van der Waals surface area contributed by atoms with Crippen LogP contribution in [0, 0.1) is 6.92 Å². The van der Waals surface area contributed by atoms with Crippen molar-refractivity contribution in [2.75, 3.05) is 6.54 Å². The molecular weight excluding hydrogens is 299 g/mol. The van der Waals surface area contributed by atoms with Crippen molar-refractivity contribution >= 4 is 34.5 Å². The van der Waals surface area contributed by atoms with Crippen molar-refractivity contribution in [3.63, 3.8) is 0 Å². The van der Waals surface area contributed by atoms with Crippen molar-refractivity contribution in [1.29, 1.82) is 0 Å². The lowest BCUT2D eigenvalue weighted by atomic mass is 10.1. The van der Waals surface area contributed by atoms with Crippen molar-refractivity contribution in [3.05, 3.63) is 49.4 Å². The SMILES string of the molecule is Cc1nc2c(s1)CN(Cc1ccc(Cl)c(Cl)c1)CC2. The largest absolute Gasteiger partial charge is 0.294 e. The van der Waals surface area contributed by atoms with Gasteiger partial charge >= 0.3 is 0 Å². The van der Waals surface area contributed by atoms with Gasteiger partial charge in [0.25, 0.3) is 0 Å². The summed E-state index contributed by atoms with van der Waals surface area (Å²) in [6.45, 7) is 5.02. The molecule has 19 heavy (non-hydrogen) atoms. The number of fused-ring (bicyclic) bond motifs is 1. The van der Waals surface area contributed by atoms with Crippen LogP contribution in [0.4, 0.5) is 0 Å². The number of benzene rings is 1. The molecule has 0 atom stereocenters. The fourth-order valence-electron chi connectivity index (χ4n) is 2.41. The molecule has 0 fully saturated rings. The molecule has 2 nitrogen and oxygen atoms in total. The van der Waals surface area contributed by atoms with E-state index in [1.807, 2.05) is 29.5 Å². The summed E-state index contributed by atoms with van der Waals surface area (Å²) in [6, 6.07) is 5.87. The van der Waals surface area contributed by atoms with E-state index in [1.54, 1.807) is 0 Å². The molecule has 0 saturated carbocycles. The van der Waals surface area contributed by atoms with E-state index in [0.29, 0.717) is 10.0 Å². The molecule has 0 saturated heterocycles. The van der Waals surface area contributed by atoms with Crippen LogP contribution in [0.15, 0.2) is 18.2 Å². The average molecular weight is 313 g/mol. The second-order valence-electron chi connectivity index (χ2n) is 4.81. The molecule has 0 radical (unpaired) electrons. The zero-order valence-electron chi connectivity index (χ0n) is 10.6. The van der Waals surface area contributed by atoms with E-state index >= 15 is 0 Å². The van der Waals surface area contributed by atoms with Gasteiger partial charge in [0, 0.05) is 30.9 Å². The lowest BCUT2D eigenvalue weighted by Gasteiger charge is -2.26. The lowest BCUT2D eigenvalue weighted by molar-refractivity contribution is 0.247. The van der Waals surface area contributed by atoms with Crippen LogP contribution in [-0.2, 0) is 19.5 Å². The van der Waals surface area contributed by atoms with Crippen molar-refractivity contribution in [3.8, 4) is 0 Å². The van der Waals surface area contributed by atoms with Crippen LogP contribution in [0.2, 0.25) is 10.0 Å². The number of rotatable bonds is 2. The summed E-state index contributed by atoms with van der Waals surface area (Å²) in [4.78, 5) is 8.41. The molecule has 0 amide bonds. The molecule has 5 heteroatoms. The third kappa shape index (κ3) is 2.95. The van der Waals surface area contributed by atoms with Crippen LogP contribution in [0.25, 0.3) is 0 Å². The maximum atomic E-state index is 6.06.